The Morgan fingerprint density at radius 1 is 1.15 bits per heavy atom. The van der Waals surface area contributed by atoms with Crippen molar-refractivity contribution in [3.05, 3.63) is 40.0 Å². The first-order valence-electron chi connectivity index (χ1n) is 8.87. The molecular formula is C18H20ClF3N4. The highest BCUT2D eigenvalue weighted by Crippen LogP contribution is 2.38. The zero-order valence-corrected chi connectivity index (χ0v) is 15.0. The molecule has 1 aromatic heterocycles. The molecule has 1 N–H and O–H groups in total. The van der Waals surface area contributed by atoms with Crippen LogP contribution in [0, 0.1) is 0 Å². The molecule has 4 rings (SSSR count). The molecule has 8 heteroatoms. The molecule has 2 aromatic rings. The minimum atomic E-state index is -4.50. The molecule has 2 aliphatic rings. The molecule has 1 aromatic carbocycles. The molecule has 0 bridgehead atoms. The number of piperidine rings is 1. The summed E-state index contributed by atoms with van der Waals surface area (Å²) >= 11 is 5.81. The van der Waals surface area contributed by atoms with Crippen LogP contribution in [0.3, 0.4) is 0 Å². The molecule has 4 nitrogen and oxygen atoms in total. The van der Waals surface area contributed by atoms with Crippen LogP contribution in [0.1, 0.15) is 36.1 Å². The number of hydrogen-bond donors (Lipinski definition) is 1. The lowest BCUT2D eigenvalue weighted by Crippen LogP contribution is -2.29. The minimum absolute atomic E-state index is 0.0115. The number of aromatic nitrogens is 2. The van der Waals surface area contributed by atoms with Gasteiger partial charge in [-0.15, -0.1) is 0 Å². The Kier molecular flexibility index (Phi) is 4.61. The van der Waals surface area contributed by atoms with Gasteiger partial charge in [0.15, 0.2) is 0 Å². The Labute approximate surface area is 154 Å². The monoisotopic (exact) mass is 384 g/mol. The molecular weight excluding hydrogens is 365 g/mol. The lowest BCUT2D eigenvalue weighted by Gasteiger charge is -2.25. The summed E-state index contributed by atoms with van der Waals surface area (Å²) in [5, 5.41) is 7.83. The summed E-state index contributed by atoms with van der Waals surface area (Å²) in [6.07, 6.45) is -0.143. The molecule has 0 aliphatic carbocycles. The van der Waals surface area contributed by atoms with Gasteiger partial charge in [-0.1, -0.05) is 18.0 Å². The van der Waals surface area contributed by atoms with E-state index in [1.165, 1.54) is 23.2 Å². The quantitative estimate of drug-likeness (QED) is 0.845. The predicted molar refractivity (Wildman–Crippen MR) is 94.9 cm³/mol. The van der Waals surface area contributed by atoms with Crippen molar-refractivity contribution in [1.29, 1.82) is 0 Å². The van der Waals surface area contributed by atoms with E-state index < -0.39 is 11.7 Å². The second-order valence-electron chi connectivity index (χ2n) is 6.86. The van der Waals surface area contributed by atoms with Crippen LogP contribution in [0.15, 0.2) is 18.2 Å². The summed E-state index contributed by atoms with van der Waals surface area (Å²) in [6, 6.07) is 3.83. The van der Waals surface area contributed by atoms with Gasteiger partial charge >= 0.3 is 6.18 Å². The average Bonchev–Trinajstić information content (AvgIpc) is 3.19. The molecule has 2 aliphatic heterocycles. The Balaban J connectivity index is 1.75. The first kappa shape index (κ1) is 17.7. The van der Waals surface area contributed by atoms with Crippen LogP contribution in [0.25, 0.3) is 5.69 Å². The first-order chi connectivity index (χ1) is 12.4. The molecule has 26 heavy (non-hydrogen) atoms. The van der Waals surface area contributed by atoms with Gasteiger partial charge in [0.1, 0.15) is 5.82 Å². The lowest BCUT2D eigenvalue weighted by molar-refractivity contribution is -0.137. The summed E-state index contributed by atoms with van der Waals surface area (Å²) in [7, 11) is 0. The van der Waals surface area contributed by atoms with Gasteiger partial charge in [-0.3, -0.25) is 4.90 Å². The second kappa shape index (κ2) is 6.78. The second-order valence-corrected chi connectivity index (χ2v) is 7.29. The van der Waals surface area contributed by atoms with Crippen LogP contribution in [0.2, 0.25) is 5.02 Å². The smallest absolute Gasteiger partial charge is 0.369 e. The highest BCUT2D eigenvalue weighted by atomic mass is 35.5. The lowest BCUT2D eigenvalue weighted by atomic mass is 10.1. The summed E-state index contributed by atoms with van der Waals surface area (Å²) < 4.78 is 42.0. The molecule has 0 atom stereocenters. The van der Waals surface area contributed by atoms with Crippen molar-refractivity contribution in [2.24, 2.45) is 0 Å². The summed E-state index contributed by atoms with van der Waals surface area (Å²) in [4.78, 5) is 2.33. The first-order valence-corrected chi connectivity index (χ1v) is 9.25. The van der Waals surface area contributed by atoms with Gasteiger partial charge in [0.25, 0.3) is 0 Å². The van der Waals surface area contributed by atoms with Crippen molar-refractivity contribution < 1.29 is 13.2 Å². The van der Waals surface area contributed by atoms with Crippen LogP contribution in [0.4, 0.5) is 19.0 Å². The number of nitrogens with one attached hydrogen (secondary N) is 1. The van der Waals surface area contributed by atoms with E-state index in [0.29, 0.717) is 12.4 Å². The zero-order valence-electron chi connectivity index (χ0n) is 14.2. The number of likely N-dealkylation sites (tertiary alicyclic amines) is 1. The fourth-order valence-electron chi connectivity index (χ4n) is 3.80. The highest BCUT2D eigenvalue weighted by Gasteiger charge is 2.36. The summed E-state index contributed by atoms with van der Waals surface area (Å²) in [5.41, 5.74) is 1.14. The van der Waals surface area contributed by atoms with E-state index in [1.807, 2.05) is 0 Å². The van der Waals surface area contributed by atoms with E-state index >= 15 is 0 Å². The van der Waals surface area contributed by atoms with Crippen LogP contribution >= 0.6 is 11.6 Å². The molecule has 0 radical (unpaired) electrons. The van der Waals surface area contributed by atoms with Gasteiger partial charge in [-0.25, -0.2) is 4.68 Å². The molecule has 0 unspecified atom stereocenters. The van der Waals surface area contributed by atoms with Crippen LogP contribution in [-0.2, 0) is 19.1 Å². The number of hydrogen-bond acceptors (Lipinski definition) is 3. The van der Waals surface area contributed by atoms with Crippen LogP contribution < -0.4 is 5.32 Å². The minimum Gasteiger partial charge on any atom is -0.369 e. The zero-order chi connectivity index (χ0) is 18.3. The predicted octanol–water partition coefficient (Wildman–Crippen LogP) is 4.50. The number of rotatable bonds is 3. The third-order valence-corrected chi connectivity index (χ3v) is 5.28. The van der Waals surface area contributed by atoms with Crippen LogP contribution in [0.5, 0.6) is 0 Å². The number of anilines is 1. The van der Waals surface area contributed by atoms with Gasteiger partial charge in [0.05, 0.1) is 16.9 Å². The number of benzene rings is 1. The number of fused-ring (bicyclic) bond motifs is 1. The van der Waals surface area contributed by atoms with Crippen molar-refractivity contribution in [2.75, 3.05) is 25.0 Å². The normalized spacial score (nSPS) is 18.0. The van der Waals surface area contributed by atoms with Crippen molar-refractivity contribution >= 4 is 17.4 Å². The fraction of sp³-hybridized carbons (Fsp3) is 0.500. The van der Waals surface area contributed by atoms with Gasteiger partial charge in [0.2, 0.25) is 0 Å². The van der Waals surface area contributed by atoms with Crippen molar-refractivity contribution in [3.63, 3.8) is 0 Å². The van der Waals surface area contributed by atoms with Gasteiger partial charge < -0.3 is 5.32 Å². The SMILES string of the molecule is FC(F)(F)c1cc(Cl)ccc1-n1nc(CN2CCCCC2)c2c1NCC2. The topological polar surface area (TPSA) is 33.1 Å². The van der Waals surface area contributed by atoms with Crippen LogP contribution in [-0.4, -0.2) is 34.3 Å². The van der Waals surface area contributed by atoms with Crippen molar-refractivity contribution in [3.8, 4) is 5.69 Å². The van der Waals surface area contributed by atoms with E-state index in [4.69, 9.17) is 11.6 Å². The summed E-state index contributed by atoms with van der Waals surface area (Å²) in [6.45, 7) is 3.44. The number of nitrogens with zero attached hydrogens (tertiary/aromatic N) is 3. The number of alkyl halides is 3. The molecule has 0 amide bonds. The third kappa shape index (κ3) is 3.30. The molecule has 0 saturated carbocycles. The molecule has 0 spiro atoms. The molecule has 3 heterocycles. The maximum absolute atomic E-state index is 13.5. The molecule has 1 fully saturated rings. The Morgan fingerprint density at radius 2 is 1.92 bits per heavy atom. The van der Waals surface area contributed by atoms with E-state index in [9.17, 15) is 13.2 Å². The van der Waals surface area contributed by atoms with Crippen molar-refractivity contribution in [1.82, 2.24) is 14.7 Å². The summed E-state index contributed by atoms with van der Waals surface area (Å²) in [5.74, 6) is 0.671. The largest absolute Gasteiger partial charge is 0.418 e. The maximum atomic E-state index is 13.5. The maximum Gasteiger partial charge on any atom is 0.418 e. The Morgan fingerprint density at radius 3 is 2.65 bits per heavy atom. The van der Waals surface area contributed by atoms with E-state index in [1.54, 1.807) is 0 Å². The standard InChI is InChI=1S/C18H20ClF3N4/c19-12-4-5-16(14(10-12)18(20,21)22)26-17-13(6-7-23-17)15(24-26)11-25-8-2-1-3-9-25/h4-5,10,23H,1-3,6-9,11H2. The Bertz CT molecular complexity index is 809. The molecule has 1 saturated heterocycles. The van der Waals surface area contributed by atoms with Gasteiger partial charge in [-0.2, -0.15) is 18.3 Å². The highest BCUT2D eigenvalue weighted by molar-refractivity contribution is 6.30. The van der Waals surface area contributed by atoms with Gasteiger partial charge in [0, 0.05) is 23.7 Å². The van der Waals surface area contributed by atoms with Crippen molar-refractivity contribution in [2.45, 2.75) is 38.4 Å². The molecule has 140 valence electrons. The van der Waals surface area contributed by atoms with E-state index in [2.05, 4.69) is 15.3 Å². The Hall–Kier alpha value is -1.73. The fourth-order valence-corrected chi connectivity index (χ4v) is 3.97. The third-order valence-electron chi connectivity index (χ3n) is 5.05. The van der Waals surface area contributed by atoms with E-state index in [-0.39, 0.29) is 10.7 Å². The van der Waals surface area contributed by atoms with E-state index in [0.717, 1.165) is 56.2 Å². The number of halogens is 4. The average molecular weight is 385 g/mol. The van der Waals surface area contributed by atoms with Gasteiger partial charge in [-0.05, 0) is 50.6 Å².